The van der Waals surface area contributed by atoms with Crippen LogP contribution in [0, 0.1) is 10.1 Å². The van der Waals surface area contributed by atoms with E-state index >= 15 is 0 Å². The normalized spacial score (nSPS) is 10.4. The second kappa shape index (κ2) is 6.04. The monoisotopic (exact) mass is 297 g/mol. The van der Waals surface area contributed by atoms with Crippen LogP contribution in [0.4, 0.5) is 5.69 Å². The number of rotatable bonds is 5. The predicted octanol–water partition coefficient (Wildman–Crippen LogP) is 3.22. The average Bonchev–Trinajstić information content (AvgIpc) is 3.03. The summed E-state index contributed by atoms with van der Waals surface area (Å²) in [6.07, 6.45) is 0. The fourth-order valence-electron chi connectivity index (χ4n) is 1.88. The first-order valence-electron chi connectivity index (χ1n) is 6.48. The summed E-state index contributed by atoms with van der Waals surface area (Å²) < 4.78 is 10.9. The quantitative estimate of drug-likeness (QED) is 0.530. The Balaban J connectivity index is 1.73. The molecule has 0 bridgehead atoms. The van der Waals surface area contributed by atoms with Crippen LogP contribution in [0.25, 0.3) is 11.5 Å². The van der Waals surface area contributed by atoms with Crippen LogP contribution >= 0.6 is 0 Å². The summed E-state index contributed by atoms with van der Waals surface area (Å²) in [4.78, 5) is 10.4. The molecule has 7 heteroatoms. The predicted molar refractivity (Wildman–Crippen MR) is 77.2 cm³/mol. The lowest BCUT2D eigenvalue weighted by Gasteiger charge is -2.03. The minimum absolute atomic E-state index is 0.0370. The van der Waals surface area contributed by atoms with Gasteiger partial charge in [0.05, 0.1) is 4.92 Å². The number of nitro benzene ring substituents is 1. The van der Waals surface area contributed by atoms with E-state index in [0.717, 1.165) is 5.56 Å². The minimum atomic E-state index is -0.501. The van der Waals surface area contributed by atoms with Gasteiger partial charge in [0.1, 0.15) is 0 Å². The van der Waals surface area contributed by atoms with E-state index in [1.165, 1.54) is 12.1 Å². The van der Waals surface area contributed by atoms with Crippen LogP contribution < -0.4 is 4.74 Å². The zero-order chi connectivity index (χ0) is 15.4. The molecule has 22 heavy (non-hydrogen) atoms. The molecular weight excluding hydrogens is 286 g/mol. The Bertz CT molecular complexity index is 786. The van der Waals surface area contributed by atoms with Gasteiger partial charge < -0.3 is 9.15 Å². The smallest absolute Gasteiger partial charge is 0.310 e. The van der Waals surface area contributed by atoms with Crippen LogP contribution in [0.15, 0.2) is 59.0 Å². The molecule has 7 nitrogen and oxygen atoms in total. The van der Waals surface area contributed by atoms with Gasteiger partial charge in [-0.3, -0.25) is 10.1 Å². The van der Waals surface area contributed by atoms with Gasteiger partial charge in [-0.1, -0.05) is 30.3 Å². The van der Waals surface area contributed by atoms with Crippen molar-refractivity contribution in [3.8, 4) is 17.2 Å². The number of benzene rings is 2. The zero-order valence-corrected chi connectivity index (χ0v) is 11.4. The number of nitrogens with zero attached hydrogens (tertiary/aromatic N) is 3. The maximum absolute atomic E-state index is 10.9. The summed E-state index contributed by atoms with van der Waals surface area (Å²) in [5, 5.41) is 18.7. The van der Waals surface area contributed by atoms with E-state index in [1.54, 1.807) is 12.1 Å². The first-order chi connectivity index (χ1) is 10.7. The highest BCUT2D eigenvalue weighted by Crippen LogP contribution is 2.26. The number of ether oxygens (including phenoxy) is 1. The number of nitro groups is 1. The largest absolute Gasteiger partial charge is 0.477 e. The van der Waals surface area contributed by atoms with E-state index in [2.05, 4.69) is 10.2 Å². The number of hydrogen-bond donors (Lipinski definition) is 0. The molecule has 0 radical (unpaired) electrons. The van der Waals surface area contributed by atoms with Gasteiger partial charge in [-0.15, -0.1) is 10.2 Å². The van der Waals surface area contributed by atoms with Gasteiger partial charge in [0.2, 0.25) is 5.89 Å². The number of para-hydroxylation sites is 2. The molecule has 0 N–H and O–H groups in total. The Morgan fingerprint density at radius 2 is 1.77 bits per heavy atom. The first kappa shape index (κ1) is 13.7. The SMILES string of the molecule is O=[N+]([O-])c1ccccc1OCc1nnc(-c2ccccc2)o1. The standard InChI is InChI=1S/C15H11N3O4/c19-18(20)12-8-4-5-9-13(12)21-10-14-16-17-15(22-14)11-6-2-1-3-7-11/h1-9H,10H2. The van der Waals surface area contributed by atoms with Gasteiger partial charge in [-0.05, 0) is 18.2 Å². The molecule has 3 aromatic rings. The lowest BCUT2D eigenvalue weighted by molar-refractivity contribution is -0.386. The molecule has 110 valence electrons. The lowest BCUT2D eigenvalue weighted by atomic mass is 10.2. The van der Waals surface area contributed by atoms with Crippen LogP contribution in [0.5, 0.6) is 5.75 Å². The molecule has 1 heterocycles. The topological polar surface area (TPSA) is 91.3 Å². The van der Waals surface area contributed by atoms with Crippen molar-refractivity contribution in [3.63, 3.8) is 0 Å². The van der Waals surface area contributed by atoms with Gasteiger partial charge in [-0.25, -0.2) is 0 Å². The average molecular weight is 297 g/mol. The Morgan fingerprint density at radius 1 is 1.05 bits per heavy atom. The number of aromatic nitrogens is 2. The molecule has 0 unspecified atom stereocenters. The van der Waals surface area contributed by atoms with Gasteiger partial charge in [-0.2, -0.15) is 0 Å². The summed E-state index contributed by atoms with van der Waals surface area (Å²) in [7, 11) is 0. The minimum Gasteiger partial charge on any atom is -0.477 e. The molecule has 0 fully saturated rings. The molecule has 3 rings (SSSR count). The van der Waals surface area contributed by atoms with E-state index < -0.39 is 4.92 Å². The van der Waals surface area contributed by atoms with Crippen molar-refractivity contribution in [1.29, 1.82) is 0 Å². The van der Waals surface area contributed by atoms with Crippen molar-refractivity contribution in [3.05, 3.63) is 70.6 Å². The second-order valence-electron chi connectivity index (χ2n) is 4.38. The van der Waals surface area contributed by atoms with Crippen molar-refractivity contribution in [2.75, 3.05) is 0 Å². The van der Waals surface area contributed by atoms with Crippen LogP contribution in [0.3, 0.4) is 0 Å². The molecule has 0 amide bonds. The van der Waals surface area contributed by atoms with Crippen LogP contribution in [0.1, 0.15) is 5.89 Å². The Labute approximate surface area is 125 Å². The van der Waals surface area contributed by atoms with Crippen LogP contribution in [-0.2, 0) is 6.61 Å². The number of hydrogen-bond acceptors (Lipinski definition) is 6. The van der Waals surface area contributed by atoms with Gasteiger partial charge >= 0.3 is 5.69 Å². The highest BCUT2D eigenvalue weighted by atomic mass is 16.6. The van der Waals surface area contributed by atoms with E-state index in [4.69, 9.17) is 9.15 Å². The molecule has 0 aliphatic carbocycles. The van der Waals surface area contributed by atoms with Crippen molar-refractivity contribution >= 4 is 5.69 Å². The molecular formula is C15H11N3O4. The molecule has 0 aliphatic heterocycles. The first-order valence-corrected chi connectivity index (χ1v) is 6.48. The van der Waals surface area contributed by atoms with E-state index in [1.807, 2.05) is 30.3 Å². The van der Waals surface area contributed by atoms with Crippen molar-refractivity contribution in [2.24, 2.45) is 0 Å². The zero-order valence-electron chi connectivity index (χ0n) is 11.4. The molecule has 2 aromatic carbocycles. The van der Waals surface area contributed by atoms with E-state index in [-0.39, 0.29) is 23.9 Å². The second-order valence-corrected chi connectivity index (χ2v) is 4.38. The van der Waals surface area contributed by atoms with Gasteiger partial charge in [0, 0.05) is 11.6 Å². The van der Waals surface area contributed by atoms with Gasteiger partial charge in [0.15, 0.2) is 12.4 Å². The fourth-order valence-corrected chi connectivity index (χ4v) is 1.88. The molecule has 1 aromatic heterocycles. The third kappa shape index (κ3) is 2.93. The fraction of sp³-hybridized carbons (Fsp3) is 0.0667. The summed E-state index contributed by atoms with van der Waals surface area (Å²) in [5.41, 5.74) is 0.692. The lowest BCUT2D eigenvalue weighted by Crippen LogP contribution is -1.99. The molecule has 0 atom stereocenters. The third-order valence-electron chi connectivity index (χ3n) is 2.90. The Kier molecular flexibility index (Phi) is 3.78. The molecule has 0 aliphatic rings. The summed E-state index contributed by atoms with van der Waals surface area (Å²) >= 11 is 0. The molecule has 0 spiro atoms. The molecule has 0 saturated carbocycles. The van der Waals surface area contributed by atoms with Crippen molar-refractivity contribution in [1.82, 2.24) is 10.2 Å². The summed E-state index contributed by atoms with van der Waals surface area (Å²) in [6.45, 7) is -0.0370. The van der Waals surface area contributed by atoms with E-state index in [9.17, 15) is 10.1 Å². The highest BCUT2D eigenvalue weighted by Gasteiger charge is 2.15. The highest BCUT2D eigenvalue weighted by molar-refractivity contribution is 5.51. The molecule has 0 saturated heterocycles. The van der Waals surface area contributed by atoms with Crippen molar-refractivity contribution < 1.29 is 14.1 Å². The summed E-state index contributed by atoms with van der Waals surface area (Å²) in [6, 6.07) is 15.4. The maximum atomic E-state index is 10.9. The van der Waals surface area contributed by atoms with Crippen LogP contribution in [-0.4, -0.2) is 15.1 Å². The van der Waals surface area contributed by atoms with Crippen molar-refractivity contribution in [2.45, 2.75) is 6.61 Å². The summed E-state index contributed by atoms with van der Waals surface area (Å²) in [5.74, 6) is 0.783. The Morgan fingerprint density at radius 3 is 2.55 bits per heavy atom. The maximum Gasteiger partial charge on any atom is 0.310 e. The Hall–Kier alpha value is -3.22. The van der Waals surface area contributed by atoms with Crippen LogP contribution in [0.2, 0.25) is 0 Å². The van der Waals surface area contributed by atoms with Gasteiger partial charge in [0.25, 0.3) is 5.89 Å². The third-order valence-corrected chi connectivity index (χ3v) is 2.90. The van der Waals surface area contributed by atoms with E-state index in [0.29, 0.717) is 5.89 Å².